The van der Waals surface area contributed by atoms with Gasteiger partial charge in [0.15, 0.2) is 16.9 Å². The standard InChI is InChI=1S/C24H13N5/c1-3-8-16-14(6-1)15-7-2-4-9-17(15)20-19(16)18-10-5-13-29(18)24-21(20)27-22-23(28-24)26-12-11-25-22/h1-13H. The largest absolute Gasteiger partial charge is 0.299 e. The van der Waals surface area contributed by atoms with Crippen molar-refractivity contribution in [2.24, 2.45) is 0 Å². The molecule has 5 heteroatoms. The molecule has 7 aromatic rings. The molecule has 0 fully saturated rings. The lowest BCUT2D eigenvalue weighted by molar-refractivity contribution is 1.15. The number of benzene rings is 3. The van der Waals surface area contributed by atoms with Crippen LogP contribution in [0.2, 0.25) is 0 Å². The third kappa shape index (κ3) is 1.84. The van der Waals surface area contributed by atoms with E-state index in [1.54, 1.807) is 12.4 Å². The number of hydrogen-bond donors (Lipinski definition) is 0. The topological polar surface area (TPSA) is 56.0 Å². The molecule has 4 heterocycles. The van der Waals surface area contributed by atoms with Crippen molar-refractivity contribution < 1.29 is 0 Å². The molecular formula is C24H13N5. The van der Waals surface area contributed by atoms with Crippen molar-refractivity contribution in [2.75, 3.05) is 0 Å². The summed E-state index contributed by atoms with van der Waals surface area (Å²) in [6.45, 7) is 0. The molecule has 134 valence electrons. The fraction of sp³-hybridized carbons (Fsp3) is 0. The van der Waals surface area contributed by atoms with Gasteiger partial charge < -0.3 is 0 Å². The Morgan fingerprint density at radius 3 is 1.93 bits per heavy atom. The Labute approximate surface area is 164 Å². The van der Waals surface area contributed by atoms with Gasteiger partial charge in [0, 0.05) is 29.4 Å². The monoisotopic (exact) mass is 371 g/mol. The van der Waals surface area contributed by atoms with Gasteiger partial charge in [-0.05, 0) is 33.7 Å². The highest BCUT2D eigenvalue weighted by molar-refractivity contribution is 6.33. The van der Waals surface area contributed by atoms with Gasteiger partial charge >= 0.3 is 0 Å². The Bertz CT molecular complexity index is 1760. The lowest BCUT2D eigenvalue weighted by atomic mass is 9.94. The Morgan fingerprint density at radius 1 is 0.586 bits per heavy atom. The highest BCUT2D eigenvalue weighted by atomic mass is 15.1. The number of nitrogens with zero attached hydrogens (tertiary/aromatic N) is 5. The molecule has 29 heavy (non-hydrogen) atoms. The van der Waals surface area contributed by atoms with Crippen LogP contribution in [-0.4, -0.2) is 24.3 Å². The molecule has 5 nitrogen and oxygen atoms in total. The molecule has 0 N–H and O–H groups in total. The molecule has 0 spiro atoms. The van der Waals surface area contributed by atoms with E-state index in [9.17, 15) is 0 Å². The van der Waals surface area contributed by atoms with Crippen molar-refractivity contribution >= 4 is 60.3 Å². The third-order valence-corrected chi connectivity index (χ3v) is 5.70. The summed E-state index contributed by atoms with van der Waals surface area (Å²) in [6.07, 6.45) is 5.35. The highest BCUT2D eigenvalue weighted by Crippen LogP contribution is 2.40. The van der Waals surface area contributed by atoms with E-state index >= 15 is 0 Å². The van der Waals surface area contributed by atoms with Gasteiger partial charge in [-0.2, -0.15) is 0 Å². The van der Waals surface area contributed by atoms with Crippen LogP contribution < -0.4 is 0 Å². The predicted octanol–water partition coefficient (Wildman–Crippen LogP) is 5.29. The molecule has 0 radical (unpaired) electrons. The van der Waals surface area contributed by atoms with E-state index in [0.29, 0.717) is 11.3 Å². The molecule has 7 rings (SSSR count). The molecule has 0 unspecified atom stereocenters. The minimum atomic E-state index is 0.555. The zero-order valence-electron chi connectivity index (χ0n) is 15.2. The Balaban J connectivity index is 1.94. The molecule has 0 bridgehead atoms. The molecule has 0 atom stereocenters. The van der Waals surface area contributed by atoms with Gasteiger partial charge in [-0.15, -0.1) is 0 Å². The summed E-state index contributed by atoms with van der Waals surface area (Å²) in [4.78, 5) is 18.5. The average Bonchev–Trinajstić information content (AvgIpc) is 3.28. The summed E-state index contributed by atoms with van der Waals surface area (Å²) in [5.74, 6) is 0. The minimum Gasteiger partial charge on any atom is -0.299 e. The molecule has 4 aromatic heterocycles. The maximum absolute atomic E-state index is 4.94. The zero-order chi connectivity index (χ0) is 18.9. The number of rotatable bonds is 0. The van der Waals surface area contributed by atoms with Gasteiger partial charge in [0.25, 0.3) is 0 Å². The molecule has 0 aliphatic heterocycles. The van der Waals surface area contributed by atoms with Crippen molar-refractivity contribution in [2.45, 2.75) is 0 Å². The number of aromatic nitrogens is 5. The molecule has 3 aromatic carbocycles. The van der Waals surface area contributed by atoms with Crippen LogP contribution in [0.4, 0.5) is 0 Å². The first-order chi connectivity index (χ1) is 14.4. The SMILES string of the molecule is c1ccc2c(c1)c1ccccc1c1c2c2nc3nccnc3nc2n2cccc12. The third-order valence-electron chi connectivity index (χ3n) is 5.70. The average molecular weight is 371 g/mol. The molecular weight excluding hydrogens is 358 g/mol. The lowest BCUT2D eigenvalue weighted by Gasteiger charge is -2.14. The van der Waals surface area contributed by atoms with E-state index in [2.05, 4.69) is 75.0 Å². The van der Waals surface area contributed by atoms with E-state index in [1.165, 1.54) is 26.9 Å². The zero-order valence-corrected chi connectivity index (χ0v) is 15.2. The molecule has 0 amide bonds. The van der Waals surface area contributed by atoms with E-state index < -0.39 is 0 Å². The molecule has 0 aliphatic carbocycles. The van der Waals surface area contributed by atoms with Crippen LogP contribution in [0.25, 0.3) is 60.3 Å². The fourth-order valence-electron chi connectivity index (χ4n) is 4.55. The quantitative estimate of drug-likeness (QED) is 0.269. The van der Waals surface area contributed by atoms with Crippen LogP contribution >= 0.6 is 0 Å². The molecule has 0 saturated carbocycles. The van der Waals surface area contributed by atoms with Crippen molar-refractivity contribution in [3.8, 4) is 0 Å². The van der Waals surface area contributed by atoms with E-state index in [-0.39, 0.29) is 0 Å². The van der Waals surface area contributed by atoms with Gasteiger partial charge in [0.1, 0.15) is 5.52 Å². The van der Waals surface area contributed by atoms with Crippen LogP contribution in [0.3, 0.4) is 0 Å². The second-order valence-electron chi connectivity index (χ2n) is 7.20. The summed E-state index contributed by atoms with van der Waals surface area (Å²) >= 11 is 0. The van der Waals surface area contributed by atoms with E-state index in [4.69, 9.17) is 9.97 Å². The second-order valence-corrected chi connectivity index (χ2v) is 7.20. The van der Waals surface area contributed by atoms with E-state index in [0.717, 1.165) is 22.1 Å². The fourth-order valence-corrected chi connectivity index (χ4v) is 4.55. The smallest absolute Gasteiger partial charge is 0.199 e. The molecule has 0 saturated heterocycles. The number of fused-ring (bicyclic) bond motifs is 12. The van der Waals surface area contributed by atoms with Crippen LogP contribution in [0, 0.1) is 0 Å². The van der Waals surface area contributed by atoms with Crippen LogP contribution in [0.15, 0.2) is 79.3 Å². The van der Waals surface area contributed by atoms with Gasteiger partial charge in [0.2, 0.25) is 0 Å². The Kier molecular flexibility index (Phi) is 2.68. The maximum Gasteiger partial charge on any atom is 0.199 e. The predicted molar refractivity (Wildman–Crippen MR) is 116 cm³/mol. The second kappa shape index (κ2) is 5.23. The first-order valence-corrected chi connectivity index (χ1v) is 9.51. The molecule has 0 aliphatic rings. The maximum atomic E-state index is 4.94. The van der Waals surface area contributed by atoms with E-state index in [1.807, 2.05) is 6.20 Å². The lowest BCUT2D eigenvalue weighted by Crippen LogP contribution is -1.99. The summed E-state index contributed by atoms with van der Waals surface area (Å²) in [5, 5.41) is 7.15. The number of pyridine rings is 1. The van der Waals surface area contributed by atoms with Gasteiger partial charge in [0.05, 0.1) is 5.52 Å². The Morgan fingerprint density at radius 2 is 1.21 bits per heavy atom. The number of hydrogen-bond acceptors (Lipinski definition) is 4. The summed E-state index contributed by atoms with van der Waals surface area (Å²) in [6, 6.07) is 21.3. The Hall–Kier alpha value is -4.12. The summed E-state index contributed by atoms with van der Waals surface area (Å²) in [7, 11) is 0. The van der Waals surface area contributed by atoms with Gasteiger partial charge in [-0.25, -0.2) is 19.9 Å². The van der Waals surface area contributed by atoms with Crippen molar-refractivity contribution in [3.63, 3.8) is 0 Å². The van der Waals surface area contributed by atoms with Crippen LogP contribution in [0.1, 0.15) is 0 Å². The van der Waals surface area contributed by atoms with Crippen LogP contribution in [0.5, 0.6) is 0 Å². The van der Waals surface area contributed by atoms with Gasteiger partial charge in [-0.1, -0.05) is 48.5 Å². The van der Waals surface area contributed by atoms with Crippen molar-refractivity contribution in [3.05, 3.63) is 79.3 Å². The first kappa shape index (κ1) is 14.9. The van der Waals surface area contributed by atoms with Crippen molar-refractivity contribution in [1.29, 1.82) is 0 Å². The van der Waals surface area contributed by atoms with Crippen LogP contribution in [-0.2, 0) is 0 Å². The normalized spacial score (nSPS) is 12.1. The first-order valence-electron chi connectivity index (χ1n) is 9.51. The summed E-state index contributed by atoms with van der Waals surface area (Å²) in [5.41, 5.74) is 3.88. The minimum absolute atomic E-state index is 0.555. The highest BCUT2D eigenvalue weighted by Gasteiger charge is 2.18. The van der Waals surface area contributed by atoms with Gasteiger partial charge in [-0.3, -0.25) is 4.40 Å². The van der Waals surface area contributed by atoms with Crippen molar-refractivity contribution in [1.82, 2.24) is 24.3 Å². The summed E-state index contributed by atoms with van der Waals surface area (Å²) < 4.78 is 2.11.